The molecular weight excluding hydrogens is 258 g/mol. The molecule has 0 aromatic heterocycles. The predicted octanol–water partition coefficient (Wildman–Crippen LogP) is 4.67. The lowest BCUT2D eigenvalue weighted by Gasteiger charge is -2.34. The molecule has 0 aromatic rings. The van der Waals surface area contributed by atoms with Crippen molar-refractivity contribution >= 4 is 0 Å². The van der Waals surface area contributed by atoms with E-state index in [0.717, 1.165) is 17.9 Å². The highest BCUT2D eigenvalue weighted by Crippen LogP contribution is 2.43. The van der Waals surface area contributed by atoms with E-state index in [1.54, 1.807) is 0 Å². The summed E-state index contributed by atoms with van der Waals surface area (Å²) >= 11 is 0. The molecule has 1 N–H and O–H groups in total. The van der Waals surface area contributed by atoms with Crippen molar-refractivity contribution in [2.24, 2.45) is 11.8 Å². The molecule has 0 bridgehead atoms. The first-order valence-corrected chi connectivity index (χ1v) is 9.56. The van der Waals surface area contributed by atoms with E-state index in [0.29, 0.717) is 11.7 Å². The molecule has 2 saturated carbocycles. The molecule has 2 unspecified atom stereocenters. The molecule has 0 amide bonds. The zero-order valence-corrected chi connectivity index (χ0v) is 14.2. The van der Waals surface area contributed by atoms with Gasteiger partial charge in [-0.1, -0.05) is 33.1 Å². The van der Waals surface area contributed by atoms with Gasteiger partial charge in [0.05, 0.1) is 11.7 Å². The Morgan fingerprint density at radius 2 is 1.81 bits per heavy atom. The molecule has 2 aliphatic carbocycles. The molecule has 21 heavy (non-hydrogen) atoms. The highest BCUT2D eigenvalue weighted by Gasteiger charge is 2.41. The van der Waals surface area contributed by atoms with E-state index >= 15 is 0 Å². The fourth-order valence-corrected chi connectivity index (χ4v) is 4.55. The second-order valence-corrected chi connectivity index (χ2v) is 8.44. The number of ether oxygens (including phenoxy) is 1. The van der Waals surface area contributed by atoms with Crippen LogP contribution in [0.1, 0.15) is 84.5 Å². The number of hydrogen-bond donors (Lipinski definition) is 1. The van der Waals surface area contributed by atoms with Gasteiger partial charge in [-0.15, -0.1) is 0 Å². The molecule has 3 fully saturated rings. The smallest absolute Gasteiger partial charge is 0.0687 e. The third-order valence-electron chi connectivity index (χ3n) is 5.78. The third-order valence-corrected chi connectivity index (χ3v) is 5.78. The van der Waals surface area contributed by atoms with Gasteiger partial charge in [0.2, 0.25) is 0 Å². The van der Waals surface area contributed by atoms with Crippen molar-refractivity contribution in [2.45, 2.75) is 102 Å². The van der Waals surface area contributed by atoms with Crippen molar-refractivity contribution in [3.05, 3.63) is 0 Å². The topological polar surface area (TPSA) is 21.3 Å². The molecule has 2 nitrogen and oxygen atoms in total. The molecule has 2 heteroatoms. The van der Waals surface area contributed by atoms with Crippen molar-refractivity contribution < 1.29 is 4.74 Å². The lowest BCUT2D eigenvalue weighted by Crippen LogP contribution is -2.33. The Morgan fingerprint density at radius 1 is 1.05 bits per heavy atom. The third kappa shape index (κ3) is 4.69. The van der Waals surface area contributed by atoms with Crippen LogP contribution < -0.4 is 5.32 Å². The monoisotopic (exact) mass is 293 g/mol. The normalized spacial score (nSPS) is 30.1. The summed E-state index contributed by atoms with van der Waals surface area (Å²) in [5.74, 6) is 1.62. The van der Waals surface area contributed by atoms with E-state index in [1.807, 2.05) is 0 Å². The van der Waals surface area contributed by atoms with Crippen molar-refractivity contribution in [2.75, 3.05) is 6.54 Å². The number of nitrogens with one attached hydrogen (secondary N) is 1. The van der Waals surface area contributed by atoms with Gasteiger partial charge in [0.1, 0.15) is 0 Å². The first-order chi connectivity index (χ1) is 10.2. The highest BCUT2D eigenvalue weighted by atomic mass is 16.5. The van der Waals surface area contributed by atoms with Crippen LogP contribution in [0, 0.1) is 11.8 Å². The first-order valence-electron chi connectivity index (χ1n) is 9.56. The Bertz CT molecular complexity index is 318. The van der Waals surface area contributed by atoms with Crippen molar-refractivity contribution in [3.8, 4) is 0 Å². The van der Waals surface area contributed by atoms with E-state index in [4.69, 9.17) is 4.74 Å². The van der Waals surface area contributed by atoms with Gasteiger partial charge in [0.15, 0.2) is 0 Å². The van der Waals surface area contributed by atoms with Crippen LogP contribution in [0.15, 0.2) is 0 Å². The molecule has 2 atom stereocenters. The van der Waals surface area contributed by atoms with Crippen LogP contribution in [-0.4, -0.2) is 24.3 Å². The molecule has 1 spiro atoms. The zero-order chi connectivity index (χ0) is 14.7. The highest BCUT2D eigenvalue weighted by molar-refractivity contribution is 4.92. The summed E-state index contributed by atoms with van der Waals surface area (Å²) < 4.78 is 6.60. The van der Waals surface area contributed by atoms with Crippen LogP contribution in [-0.2, 0) is 4.74 Å². The summed E-state index contributed by atoms with van der Waals surface area (Å²) in [6.07, 6.45) is 15.5. The first kappa shape index (κ1) is 15.8. The Morgan fingerprint density at radius 3 is 2.48 bits per heavy atom. The van der Waals surface area contributed by atoms with E-state index in [9.17, 15) is 0 Å². The Hall–Kier alpha value is -0.0800. The summed E-state index contributed by atoms with van der Waals surface area (Å²) in [4.78, 5) is 0. The maximum atomic E-state index is 6.60. The largest absolute Gasteiger partial charge is 0.372 e. The molecule has 0 radical (unpaired) electrons. The summed E-state index contributed by atoms with van der Waals surface area (Å²) in [6, 6.07) is 0.842. The Kier molecular flexibility index (Phi) is 5.27. The van der Waals surface area contributed by atoms with E-state index in [1.165, 1.54) is 77.2 Å². The van der Waals surface area contributed by atoms with Crippen LogP contribution >= 0.6 is 0 Å². The van der Waals surface area contributed by atoms with Crippen LogP contribution in [0.3, 0.4) is 0 Å². The summed E-state index contributed by atoms with van der Waals surface area (Å²) in [5.41, 5.74) is 0.301. The van der Waals surface area contributed by atoms with E-state index in [-0.39, 0.29) is 0 Å². The van der Waals surface area contributed by atoms with Gasteiger partial charge >= 0.3 is 0 Å². The number of rotatable bonds is 7. The van der Waals surface area contributed by atoms with Gasteiger partial charge in [-0.3, -0.25) is 0 Å². The molecule has 1 heterocycles. The minimum atomic E-state index is 0.301. The fourth-order valence-electron chi connectivity index (χ4n) is 4.55. The van der Waals surface area contributed by atoms with E-state index < -0.39 is 0 Å². The maximum Gasteiger partial charge on any atom is 0.0687 e. The standard InChI is InChI=1S/C19H35NO/c1-15(2)12-16(14-20-17-6-7-17)13-18-8-11-19(21-18)9-4-3-5-10-19/h15-18,20H,3-14H2,1-2H3. The van der Waals surface area contributed by atoms with Gasteiger partial charge in [-0.25, -0.2) is 0 Å². The SMILES string of the molecule is CC(C)CC(CNC1CC1)CC1CCC2(CCCCC2)O1. The van der Waals surface area contributed by atoms with Crippen molar-refractivity contribution in [1.29, 1.82) is 0 Å². The molecule has 3 aliphatic rings. The average molecular weight is 293 g/mol. The molecule has 0 aromatic carbocycles. The van der Waals surface area contributed by atoms with Gasteiger partial charge in [-0.05, 0) is 69.7 Å². The van der Waals surface area contributed by atoms with Crippen LogP contribution in [0.25, 0.3) is 0 Å². The van der Waals surface area contributed by atoms with Gasteiger partial charge in [-0.2, -0.15) is 0 Å². The Labute approximate surface area is 131 Å². The van der Waals surface area contributed by atoms with Gasteiger partial charge in [0, 0.05) is 6.04 Å². The second-order valence-electron chi connectivity index (χ2n) is 8.44. The average Bonchev–Trinajstić information content (AvgIpc) is 3.21. The lowest BCUT2D eigenvalue weighted by molar-refractivity contribution is -0.0703. The molecular formula is C19H35NO. The van der Waals surface area contributed by atoms with Crippen molar-refractivity contribution in [3.63, 3.8) is 0 Å². The van der Waals surface area contributed by atoms with Crippen molar-refractivity contribution in [1.82, 2.24) is 5.32 Å². The minimum Gasteiger partial charge on any atom is -0.372 e. The number of hydrogen-bond acceptors (Lipinski definition) is 2. The van der Waals surface area contributed by atoms with Gasteiger partial charge < -0.3 is 10.1 Å². The maximum absolute atomic E-state index is 6.60. The summed E-state index contributed by atoms with van der Waals surface area (Å²) in [6.45, 7) is 5.94. The van der Waals surface area contributed by atoms with E-state index in [2.05, 4.69) is 19.2 Å². The summed E-state index contributed by atoms with van der Waals surface area (Å²) in [7, 11) is 0. The minimum absolute atomic E-state index is 0.301. The lowest BCUT2D eigenvalue weighted by atomic mass is 9.83. The molecule has 1 saturated heterocycles. The molecule has 122 valence electrons. The predicted molar refractivity (Wildman–Crippen MR) is 88.5 cm³/mol. The van der Waals surface area contributed by atoms with Crippen LogP contribution in [0.4, 0.5) is 0 Å². The quantitative estimate of drug-likeness (QED) is 0.736. The zero-order valence-electron chi connectivity index (χ0n) is 14.2. The Balaban J connectivity index is 1.47. The van der Waals surface area contributed by atoms with Gasteiger partial charge in [0.25, 0.3) is 0 Å². The van der Waals surface area contributed by atoms with Crippen LogP contribution in [0.2, 0.25) is 0 Å². The second kappa shape index (κ2) is 7.00. The van der Waals surface area contributed by atoms with Crippen LogP contribution in [0.5, 0.6) is 0 Å². The molecule has 3 rings (SSSR count). The summed E-state index contributed by atoms with van der Waals surface area (Å²) in [5, 5.41) is 3.75. The fraction of sp³-hybridized carbons (Fsp3) is 1.00. The molecule has 1 aliphatic heterocycles.